The number of nitrogens with zero attached hydrogens (tertiary/aromatic N) is 1. The fourth-order valence-corrected chi connectivity index (χ4v) is 3.27. The summed E-state index contributed by atoms with van der Waals surface area (Å²) in [6, 6.07) is 15.9. The van der Waals surface area contributed by atoms with E-state index in [2.05, 4.69) is 40.1 Å². The Bertz CT molecular complexity index is 819. The highest BCUT2D eigenvalue weighted by Gasteiger charge is 2.16. The summed E-state index contributed by atoms with van der Waals surface area (Å²) in [5.41, 5.74) is 2.70. The van der Waals surface area contributed by atoms with Crippen LogP contribution >= 0.6 is 22.6 Å². The van der Waals surface area contributed by atoms with Gasteiger partial charge in [-0.15, -0.1) is 0 Å². The second kappa shape index (κ2) is 6.65. The summed E-state index contributed by atoms with van der Waals surface area (Å²) < 4.78 is 3.29. The van der Waals surface area contributed by atoms with Crippen LogP contribution in [0.25, 0.3) is 10.9 Å². The smallest absolute Gasteiger partial charge is 0.195 e. The van der Waals surface area contributed by atoms with Gasteiger partial charge < -0.3 is 4.57 Å². The normalized spacial score (nSPS) is 11.0. The molecule has 112 valence electrons. The number of halogens is 1. The third-order valence-electron chi connectivity index (χ3n) is 3.87. The van der Waals surface area contributed by atoms with Gasteiger partial charge in [0.25, 0.3) is 0 Å². The first-order valence-electron chi connectivity index (χ1n) is 7.59. The maximum Gasteiger partial charge on any atom is 0.195 e. The number of para-hydroxylation sites is 1. The van der Waals surface area contributed by atoms with E-state index in [1.165, 1.54) is 0 Å². The Labute approximate surface area is 144 Å². The Hall–Kier alpha value is -1.62. The Morgan fingerprint density at radius 3 is 2.73 bits per heavy atom. The molecule has 22 heavy (non-hydrogen) atoms. The number of unbranched alkanes of at least 4 members (excludes halogenated alkanes) is 1. The molecule has 1 aromatic heterocycles. The Kier molecular flexibility index (Phi) is 4.62. The van der Waals surface area contributed by atoms with Gasteiger partial charge in [0.1, 0.15) is 0 Å². The maximum absolute atomic E-state index is 12.9. The van der Waals surface area contributed by atoms with E-state index in [4.69, 9.17) is 0 Å². The van der Waals surface area contributed by atoms with Crippen LogP contribution in [0.2, 0.25) is 0 Å². The van der Waals surface area contributed by atoms with Gasteiger partial charge in [-0.25, -0.2) is 0 Å². The number of ketones is 1. The van der Waals surface area contributed by atoms with Gasteiger partial charge in [0.05, 0.1) is 0 Å². The number of hydrogen-bond acceptors (Lipinski definition) is 1. The van der Waals surface area contributed by atoms with Gasteiger partial charge in [0, 0.05) is 38.3 Å². The van der Waals surface area contributed by atoms with Crippen LogP contribution < -0.4 is 0 Å². The molecule has 0 saturated heterocycles. The molecule has 2 aromatic carbocycles. The van der Waals surface area contributed by atoms with Crippen LogP contribution in [0.1, 0.15) is 35.7 Å². The third-order valence-corrected chi connectivity index (χ3v) is 4.54. The van der Waals surface area contributed by atoms with Crippen molar-refractivity contribution in [3.8, 4) is 0 Å². The van der Waals surface area contributed by atoms with Gasteiger partial charge in [0.15, 0.2) is 5.78 Å². The maximum atomic E-state index is 12.9. The molecule has 3 heteroatoms. The van der Waals surface area contributed by atoms with Crippen LogP contribution in [0, 0.1) is 3.57 Å². The van der Waals surface area contributed by atoms with Crippen LogP contribution in [-0.4, -0.2) is 10.4 Å². The average Bonchev–Trinajstić information content (AvgIpc) is 2.91. The SMILES string of the molecule is CCCCn1cc(C(=O)c2cccc(I)c2)c2ccccc21. The highest BCUT2D eigenvalue weighted by Crippen LogP contribution is 2.25. The predicted molar refractivity (Wildman–Crippen MR) is 99.4 cm³/mol. The zero-order valence-electron chi connectivity index (χ0n) is 12.6. The van der Waals surface area contributed by atoms with E-state index in [-0.39, 0.29) is 5.78 Å². The minimum absolute atomic E-state index is 0.102. The van der Waals surface area contributed by atoms with Gasteiger partial charge in [-0.3, -0.25) is 4.79 Å². The van der Waals surface area contributed by atoms with Gasteiger partial charge in [0.2, 0.25) is 0 Å². The second-order valence-electron chi connectivity index (χ2n) is 5.45. The molecule has 0 bridgehead atoms. The number of aromatic nitrogens is 1. The van der Waals surface area contributed by atoms with Crippen LogP contribution in [-0.2, 0) is 6.54 Å². The molecule has 0 fully saturated rings. The Morgan fingerprint density at radius 2 is 1.95 bits per heavy atom. The van der Waals surface area contributed by atoms with Gasteiger partial charge >= 0.3 is 0 Å². The average molecular weight is 403 g/mol. The number of fused-ring (bicyclic) bond motifs is 1. The zero-order chi connectivity index (χ0) is 15.5. The number of rotatable bonds is 5. The molecule has 0 spiro atoms. The molecule has 0 atom stereocenters. The first-order valence-corrected chi connectivity index (χ1v) is 8.66. The Morgan fingerprint density at radius 1 is 1.14 bits per heavy atom. The summed E-state index contributed by atoms with van der Waals surface area (Å²) in [5, 5.41) is 1.04. The number of carbonyl (C=O) groups excluding carboxylic acids is 1. The summed E-state index contributed by atoms with van der Waals surface area (Å²) in [5.74, 6) is 0.102. The van der Waals surface area contributed by atoms with E-state index in [1.54, 1.807) is 0 Å². The fraction of sp³-hybridized carbons (Fsp3) is 0.211. The summed E-state index contributed by atoms with van der Waals surface area (Å²) >= 11 is 2.24. The second-order valence-corrected chi connectivity index (χ2v) is 6.69. The van der Waals surface area contributed by atoms with Crippen molar-refractivity contribution in [1.82, 2.24) is 4.57 Å². The first kappa shape index (κ1) is 15.3. The molecule has 3 aromatic rings. The molecule has 0 unspecified atom stereocenters. The van der Waals surface area contributed by atoms with E-state index in [1.807, 2.05) is 48.7 Å². The quantitative estimate of drug-likeness (QED) is 0.420. The minimum atomic E-state index is 0.102. The summed E-state index contributed by atoms with van der Waals surface area (Å²) in [7, 11) is 0. The van der Waals surface area contributed by atoms with Crippen LogP contribution in [0.5, 0.6) is 0 Å². The fourth-order valence-electron chi connectivity index (χ4n) is 2.73. The van der Waals surface area contributed by atoms with Gasteiger partial charge in [-0.05, 0) is 47.2 Å². The molecule has 0 aliphatic rings. The third kappa shape index (κ3) is 2.95. The Balaban J connectivity index is 2.08. The van der Waals surface area contributed by atoms with Crippen molar-refractivity contribution < 1.29 is 4.79 Å². The lowest BCUT2D eigenvalue weighted by atomic mass is 10.0. The highest BCUT2D eigenvalue weighted by molar-refractivity contribution is 14.1. The van der Waals surface area contributed by atoms with Crippen LogP contribution in [0.15, 0.2) is 54.7 Å². The molecule has 0 amide bonds. The molecule has 0 saturated carbocycles. The van der Waals surface area contributed by atoms with Crippen molar-refractivity contribution in [3.63, 3.8) is 0 Å². The van der Waals surface area contributed by atoms with Crippen molar-refractivity contribution in [2.75, 3.05) is 0 Å². The van der Waals surface area contributed by atoms with E-state index >= 15 is 0 Å². The number of aryl methyl sites for hydroxylation is 1. The van der Waals surface area contributed by atoms with E-state index in [0.717, 1.165) is 45.0 Å². The lowest BCUT2D eigenvalue weighted by Gasteiger charge is -2.02. The summed E-state index contributed by atoms with van der Waals surface area (Å²) in [6.07, 6.45) is 4.28. The molecule has 0 radical (unpaired) electrons. The van der Waals surface area contributed by atoms with Gasteiger partial charge in [-0.2, -0.15) is 0 Å². The molecule has 3 rings (SSSR count). The molecule has 0 N–H and O–H groups in total. The molecule has 0 aliphatic carbocycles. The lowest BCUT2D eigenvalue weighted by molar-refractivity contribution is 0.104. The predicted octanol–water partition coefficient (Wildman–Crippen LogP) is 5.28. The van der Waals surface area contributed by atoms with E-state index < -0.39 is 0 Å². The first-order chi connectivity index (χ1) is 10.7. The van der Waals surface area contributed by atoms with E-state index in [0.29, 0.717) is 0 Å². The molecule has 1 heterocycles. The number of hydrogen-bond donors (Lipinski definition) is 0. The minimum Gasteiger partial charge on any atom is -0.347 e. The van der Waals surface area contributed by atoms with Crippen molar-refractivity contribution in [2.24, 2.45) is 0 Å². The van der Waals surface area contributed by atoms with Gasteiger partial charge in [-0.1, -0.05) is 43.7 Å². The number of carbonyl (C=O) groups is 1. The molecular formula is C19H18INO. The zero-order valence-corrected chi connectivity index (χ0v) is 14.7. The lowest BCUT2D eigenvalue weighted by Crippen LogP contribution is -2.01. The van der Waals surface area contributed by atoms with Crippen molar-refractivity contribution >= 4 is 39.3 Å². The van der Waals surface area contributed by atoms with Crippen LogP contribution in [0.4, 0.5) is 0 Å². The van der Waals surface area contributed by atoms with Crippen molar-refractivity contribution in [3.05, 3.63) is 69.4 Å². The highest BCUT2D eigenvalue weighted by atomic mass is 127. The molecular weight excluding hydrogens is 385 g/mol. The number of benzene rings is 2. The van der Waals surface area contributed by atoms with E-state index in [9.17, 15) is 4.79 Å². The summed E-state index contributed by atoms with van der Waals surface area (Å²) in [4.78, 5) is 12.9. The largest absolute Gasteiger partial charge is 0.347 e. The van der Waals surface area contributed by atoms with Crippen molar-refractivity contribution in [2.45, 2.75) is 26.3 Å². The van der Waals surface area contributed by atoms with Crippen molar-refractivity contribution in [1.29, 1.82) is 0 Å². The molecule has 0 aliphatic heterocycles. The standard InChI is InChI=1S/C19H18INO/c1-2-3-11-21-13-17(16-9-4-5-10-18(16)21)19(22)14-7-6-8-15(20)12-14/h4-10,12-13H,2-3,11H2,1H3. The van der Waals surface area contributed by atoms with Crippen LogP contribution in [0.3, 0.4) is 0 Å². The topological polar surface area (TPSA) is 22.0 Å². The summed E-state index contributed by atoms with van der Waals surface area (Å²) in [6.45, 7) is 3.14. The molecule has 2 nitrogen and oxygen atoms in total. The monoisotopic (exact) mass is 403 g/mol.